The number of hydrogen-bond donors (Lipinski definition) is 1. The van der Waals surface area contributed by atoms with Gasteiger partial charge in [-0.1, -0.05) is 170 Å². The van der Waals surface area contributed by atoms with Crippen LogP contribution in [0.3, 0.4) is 0 Å². The van der Waals surface area contributed by atoms with Crippen LogP contribution in [0.25, 0.3) is 0 Å². The zero-order chi connectivity index (χ0) is 33.3. The van der Waals surface area contributed by atoms with Gasteiger partial charge in [0.2, 0.25) is 0 Å². The van der Waals surface area contributed by atoms with E-state index in [1.54, 1.807) is 24.3 Å². The standard InChI is InChI=1S/2C14H12O2.C13H11NS.Pb/c2*15-14(16)13-9-5-4-8-12(13)10-11-6-2-1-3-7-11;15-13(11-7-3-1-4-8-11)14-12-9-5-2-6-10-12;/h2*1-9H,10H2,(H,15,16);1-10H,(H,14,15);/q;;;+2/p-2. The molecule has 1 N–H and O–H groups in total. The van der Waals surface area contributed by atoms with Gasteiger partial charge in [0, 0.05) is 22.4 Å². The molecule has 6 rings (SSSR count). The predicted molar refractivity (Wildman–Crippen MR) is 194 cm³/mol. The number of carbonyl (C=O) groups is 2. The van der Waals surface area contributed by atoms with Gasteiger partial charge in [0.1, 0.15) is 4.99 Å². The molecule has 0 fully saturated rings. The Morgan fingerprint density at radius 1 is 0.479 bits per heavy atom. The van der Waals surface area contributed by atoms with Crippen molar-refractivity contribution in [3.63, 3.8) is 0 Å². The summed E-state index contributed by atoms with van der Waals surface area (Å²) in [4.78, 5) is 22.6. The van der Waals surface area contributed by atoms with Crippen molar-refractivity contribution in [2.45, 2.75) is 12.8 Å². The average Bonchev–Trinajstić information content (AvgIpc) is 3.11. The molecule has 6 aromatic carbocycles. The van der Waals surface area contributed by atoms with E-state index >= 15 is 0 Å². The number of anilines is 1. The van der Waals surface area contributed by atoms with Crippen LogP contribution >= 0.6 is 12.2 Å². The summed E-state index contributed by atoms with van der Waals surface area (Å²) in [7, 11) is 0. The fraction of sp³-hybridized carbons (Fsp3) is 0.0488. The van der Waals surface area contributed by atoms with E-state index in [0.717, 1.165) is 38.5 Å². The van der Waals surface area contributed by atoms with E-state index < -0.39 is 11.9 Å². The summed E-state index contributed by atoms with van der Waals surface area (Å²) < 4.78 is 0. The van der Waals surface area contributed by atoms with Gasteiger partial charge in [-0.25, -0.2) is 0 Å². The Labute approximate surface area is 307 Å². The fourth-order valence-electron chi connectivity index (χ4n) is 4.69. The first-order chi connectivity index (χ1) is 22.9. The van der Waals surface area contributed by atoms with Gasteiger partial charge in [0.15, 0.2) is 0 Å². The number of benzene rings is 6. The minimum absolute atomic E-state index is 0. The topological polar surface area (TPSA) is 92.3 Å². The van der Waals surface area contributed by atoms with Crippen molar-refractivity contribution >= 4 is 62.1 Å². The van der Waals surface area contributed by atoms with Crippen LogP contribution in [-0.2, 0) is 12.8 Å². The van der Waals surface area contributed by atoms with Gasteiger partial charge in [0.25, 0.3) is 0 Å². The summed E-state index contributed by atoms with van der Waals surface area (Å²) in [6.45, 7) is 0. The third-order valence-electron chi connectivity index (χ3n) is 7.02. The van der Waals surface area contributed by atoms with Crippen LogP contribution in [0.15, 0.2) is 170 Å². The number of carbonyl (C=O) groups excluding carboxylic acids is 2. The molecule has 6 aromatic rings. The average molecular weight is 843 g/mol. The first-order valence-electron chi connectivity index (χ1n) is 15.0. The van der Waals surface area contributed by atoms with Crippen LogP contribution in [0.4, 0.5) is 5.69 Å². The molecule has 0 saturated carbocycles. The minimum atomic E-state index is -1.12. The molecule has 2 radical (unpaired) electrons. The molecule has 0 unspecified atom stereocenters. The van der Waals surface area contributed by atoms with E-state index in [2.05, 4.69) is 5.32 Å². The zero-order valence-electron chi connectivity index (χ0n) is 26.1. The van der Waals surface area contributed by atoms with Gasteiger partial charge in [-0.3, -0.25) is 0 Å². The van der Waals surface area contributed by atoms with Crippen LogP contribution in [0.5, 0.6) is 0 Å². The molecule has 5 nitrogen and oxygen atoms in total. The summed E-state index contributed by atoms with van der Waals surface area (Å²) in [5.74, 6) is -2.24. The largest absolute Gasteiger partial charge is 2.00 e. The van der Waals surface area contributed by atoms with Gasteiger partial charge in [-0.15, -0.1) is 0 Å². The van der Waals surface area contributed by atoms with Crippen LogP contribution < -0.4 is 15.5 Å². The molecular formula is C41H33NO4PbS. The molecule has 0 aliphatic rings. The van der Waals surface area contributed by atoms with Crippen molar-refractivity contribution in [2.75, 3.05) is 5.32 Å². The molecule has 0 amide bonds. The van der Waals surface area contributed by atoms with Crippen LogP contribution in [-0.4, -0.2) is 44.2 Å². The van der Waals surface area contributed by atoms with E-state index in [-0.39, 0.29) is 38.4 Å². The van der Waals surface area contributed by atoms with Crippen molar-refractivity contribution in [3.8, 4) is 0 Å². The second-order valence-corrected chi connectivity index (χ2v) is 10.8. The van der Waals surface area contributed by atoms with E-state index in [4.69, 9.17) is 12.2 Å². The maximum atomic E-state index is 10.9. The zero-order valence-corrected chi connectivity index (χ0v) is 30.8. The molecule has 236 valence electrons. The summed E-state index contributed by atoms with van der Waals surface area (Å²) in [6.07, 6.45) is 1.23. The van der Waals surface area contributed by atoms with Crippen LogP contribution in [0, 0.1) is 0 Å². The summed E-state index contributed by atoms with van der Waals surface area (Å²) in [6, 6.07) is 53.3. The predicted octanol–water partition coefficient (Wildman–Crippen LogP) is 6.38. The summed E-state index contributed by atoms with van der Waals surface area (Å²) >= 11 is 5.29. The van der Waals surface area contributed by atoms with Gasteiger partial charge < -0.3 is 25.1 Å². The van der Waals surface area contributed by atoms with Gasteiger partial charge in [-0.05, 0) is 47.2 Å². The number of aromatic carboxylic acids is 2. The molecular weight excluding hydrogens is 810 g/mol. The fourth-order valence-corrected chi connectivity index (χ4v) is 4.95. The molecule has 0 saturated heterocycles. The molecule has 0 spiro atoms. The van der Waals surface area contributed by atoms with Crippen molar-refractivity contribution < 1.29 is 19.8 Å². The maximum Gasteiger partial charge on any atom is 2.00 e. The minimum Gasteiger partial charge on any atom is -0.545 e. The number of thiocarbonyl (C=S) groups is 1. The van der Waals surface area contributed by atoms with Crippen molar-refractivity contribution in [1.29, 1.82) is 0 Å². The van der Waals surface area contributed by atoms with E-state index in [9.17, 15) is 19.8 Å². The molecule has 48 heavy (non-hydrogen) atoms. The third kappa shape index (κ3) is 12.4. The summed E-state index contributed by atoms with van der Waals surface area (Å²) in [5.41, 5.74) is 6.36. The Morgan fingerprint density at radius 2 is 0.812 bits per heavy atom. The van der Waals surface area contributed by atoms with Gasteiger partial charge >= 0.3 is 27.3 Å². The first kappa shape index (κ1) is 37.5. The van der Waals surface area contributed by atoms with Gasteiger partial charge in [-0.2, -0.15) is 0 Å². The molecule has 0 aromatic heterocycles. The van der Waals surface area contributed by atoms with Crippen molar-refractivity contribution in [2.24, 2.45) is 0 Å². The number of carboxylic acid groups (broad SMARTS) is 2. The number of nitrogens with one attached hydrogen (secondary N) is 1. The SMILES string of the molecule is O=C([O-])c1ccccc1Cc1ccccc1.O=C([O-])c1ccccc1Cc1ccccc1.S=C(Nc1ccccc1)c1ccccc1.[Pb+2]. The van der Waals surface area contributed by atoms with Crippen LogP contribution in [0.2, 0.25) is 0 Å². The Bertz CT molecular complexity index is 1770. The van der Waals surface area contributed by atoms with Crippen molar-refractivity contribution in [3.05, 3.63) is 209 Å². The number of hydrogen-bond acceptors (Lipinski definition) is 5. The third-order valence-corrected chi connectivity index (χ3v) is 7.35. The van der Waals surface area contributed by atoms with Crippen molar-refractivity contribution in [1.82, 2.24) is 0 Å². The van der Waals surface area contributed by atoms with Crippen LogP contribution in [0.1, 0.15) is 48.5 Å². The molecule has 0 heterocycles. The quantitative estimate of drug-likeness (QED) is 0.142. The molecule has 0 atom stereocenters. The normalized spacial score (nSPS) is 9.67. The molecule has 0 aliphatic carbocycles. The Kier molecular flexibility index (Phi) is 15.9. The van der Waals surface area contributed by atoms with E-state index in [1.807, 2.05) is 146 Å². The van der Waals surface area contributed by atoms with Gasteiger partial charge in [0.05, 0.1) is 11.9 Å². The number of rotatable bonds is 8. The number of carboxylic acids is 2. The Hall–Kier alpha value is -4.93. The second kappa shape index (κ2) is 20.3. The molecule has 0 aliphatic heterocycles. The van der Waals surface area contributed by atoms with E-state index in [0.29, 0.717) is 12.8 Å². The van der Waals surface area contributed by atoms with E-state index in [1.165, 1.54) is 0 Å². The first-order valence-corrected chi connectivity index (χ1v) is 15.4. The Balaban J connectivity index is 0.000000193. The second-order valence-electron chi connectivity index (χ2n) is 10.4. The Morgan fingerprint density at radius 3 is 1.21 bits per heavy atom. The maximum absolute atomic E-state index is 10.9. The molecule has 0 bridgehead atoms. The smallest absolute Gasteiger partial charge is 0.545 e. The number of para-hydroxylation sites is 1. The molecule has 7 heteroatoms. The summed E-state index contributed by atoms with van der Waals surface area (Å²) in [5, 5.41) is 25.0. The monoisotopic (exact) mass is 843 g/mol.